The zero-order chi connectivity index (χ0) is 19.3. The monoisotopic (exact) mass is 366 g/mol. The molecule has 2 aromatic rings. The summed E-state index contributed by atoms with van der Waals surface area (Å²) < 4.78 is 0. The van der Waals surface area contributed by atoms with E-state index in [2.05, 4.69) is 0 Å². The van der Waals surface area contributed by atoms with E-state index in [0.717, 1.165) is 0 Å². The van der Waals surface area contributed by atoms with Gasteiger partial charge in [0.05, 0.1) is 0 Å². The maximum absolute atomic E-state index is 12.8. The van der Waals surface area contributed by atoms with Gasteiger partial charge in [-0.2, -0.15) is 0 Å². The minimum Gasteiger partial charge on any atom is -0.508 e. The Hall–Kier alpha value is -3.02. The predicted molar refractivity (Wildman–Crippen MR) is 102 cm³/mol. The van der Waals surface area contributed by atoms with Crippen molar-refractivity contribution in [3.63, 3.8) is 0 Å². The van der Waals surface area contributed by atoms with E-state index in [4.69, 9.17) is 0 Å². The highest BCUT2D eigenvalue weighted by Crippen LogP contribution is 2.47. The molecule has 27 heavy (non-hydrogen) atoms. The summed E-state index contributed by atoms with van der Waals surface area (Å²) in [4.78, 5) is 29.1. The molecule has 0 radical (unpaired) electrons. The Morgan fingerprint density at radius 1 is 0.778 bits per heavy atom. The molecule has 0 saturated carbocycles. The second-order valence-corrected chi connectivity index (χ2v) is 7.38. The van der Waals surface area contributed by atoms with Gasteiger partial charge < -0.3 is 10.2 Å². The van der Waals surface area contributed by atoms with Crippen LogP contribution in [0.15, 0.2) is 36.4 Å². The van der Waals surface area contributed by atoms with E-state index in [1.165, 1.54) is 0 Å². The third-order valence-corrected chi connectivity index (χ3v) is 5.69. The van der Waals surface area contributed by atoms with Crippen molar-refractivity contribution in [1.29, 1.82) is 0 Å². The number of carbonyl (C=O) groups excluding carboxylic acids is 2. The number of aryl methyl sites for hydroxylation is 2. The molecule has 140 valence electrons. The van der Waals surface area contributed by atoms with Crippen LogP contribution in [-0.2, 0) is 9.59 Å². The minimum atomic E-state index is -0.749. The summed E-state index contributed by atoms with van der Waals surface area (Å²) in [6, 6.07) is 10.2. The van der Waals surface area contributed by atoms with Crippen LogP contribution in [0.3, 0.4) is 0 Å². The summed E-state index contributed by atoms with van der Waals surface area (Å²) in [5.41, 5.74) is 1.98. The first-order valence-electron chi connectivity index (χ1n) is 9.09. The van der Waals surface area contributed by atoms with Crippen molar-refractivity contribution < 1.29 is 19.8 Å². The van der Waals surface area contributed by atoms with E-state index in [1.807, 2.05) is 0 Å². The molecule has 2 aromatic carbocycles. The van der Waals surface area contributed by atoms with Crippen LogP contribution in [0.1, 0.15) is 36.8 Å². The largest absolute Gasteiger partial charge is 0.508 e. The number of hydrogen-bond donors (Lipinski definition) is 2. The second kappa shape index (κ2) is 6.01. The standard InChI is InChI=1S/C21H22N2O4/c1-13-11-15(3-5-17(13)24)22-19(26)7-9-21(22)10-8-20(27)23(21)16-4-6-18(25)14(2)12-16/h3-6,11-12,24-25H,7-10H2,1-2H3. The number of phenols is 2. The molecule has 2 N–H and O–H groups in total. The number of anilines is 2. The van der Waals surface area contributed by atoms with Crippen molar-refractivity contribution in [2.24, 2.45) is 0 Å². The van der Waals surface area contributed by atoms with E-state index < -0.39 is 5.66 Å². The molecule has 2 saturated heterocycles. The van der Waals surface area contributed by atoms with Crippen LogP contribution in [-0.4, -0.2) is 27.7 Å². The van der Waals surface area contributed by atoms with Crippen molar-refractivity contribution in [1.82, 2.24) is 0 Å². The lowest BCUT2D eigenvalue weighted by Gasteiger charge is -2.42. The molecule has 4 rings (SSSR count). The Labute approximate surface area is 157 Å². The van der Waals surface area contributed by atoms with Gasteiger partial charge in [-0.05, 0) is 74.2 Å². The smallest absolute Gasteiger partial charge is 0.229 e. The lowest BCUT2D eigenvalue weighted by atomic mass is 10.0. The molecule has 6 nitrogen and oxygen atoms in total. The highest BCUT2D eigenvalue weighted by atomic mass is 16.3. The van der Waals surface area contributed by atoms with E-state index >= 15 is 0 Å². The maximum Gasteiger partial charge on any atom is 0.229 e. The third-order valence-electron chi connectivity index (χ3n) is 5.69. The van der Waals surface area contributed by atoms with Crippen molar-refractivity contribution in [3.05, 3.63) is 47.5 Å². The van der Waals surface area contributed by atoms with Gasteiger partial charge in [-0.25, -0.2) is 0 Å². The van der Waals surface area contributed by atoms with Crippen molar-refractivity contribution in [3.8, 4) is 11.5 Å². The first-order chi connectivity index (χ1) is 12.8. The predicted octanol–water partition coefficient (Wildman–Crippen LogP) is 3.36. The zero-order valence-electron chi connectivity index (χ0n) is 15.4. The first kappa shape index (κ1) is 17.4. The molecular weight excluding hydrogens is 344 g/mol. The minimum absolute atomic E-state index is 0.0321. The Morgan fingerprint density at radius 3 is 1.56 bits per heavy atom. The normalized spacial score (nSPS) is 18.7. The summed E-state index contributed by atoms with van der Waals surface area (Å²) in [6.45, 7) is 3.57. The van der Waals surface area contributed by atoms with Crippen LogP contribution in [0.25, 0.3) is 0 Å². The fourth-order valence-electron chi connectivity index (χ4n) is 4.30. The molecule has 0 atom stereocenters. The number of amides is 2. The summed E-state index contributed by atoms with van der Waals surface area (Å²) >= 11 is 0. The van der Waals surface area contributed by atoms with E-state index in [-0.39, 0.29) is 23.3 Å². The van der Waals surface area contributed by atoms with Gasteiger partial charge in [0.2, 0.25) is 11.8 Å². The van der Waals surface area contributed by atoms with Gasteiger partial charge in [-0.3, -0.25) is 19.4 Å². The van der Waals surface area contributed by atoms with Crippen molar-refractivity contribution in [2.75, 3.05) is 9.80 Å². The highest BCUT2D eigenvalue weighted by molar-refractivity contribution is 6.05. The van der Waals surface area contributed by atoms with E-state index in [0.29, 0.717) is 48.2 Å². The van der Waals surface area contributed by atoms with Gasteiger partial charge >= 0.3 is 0 Å². The van der Waals surface area contributed by atoms with Crippen molar-refractivity contribution >= 4 is 23.2 Å². The Bertz CT molecular complexity index is 876. The van der Waals surface area contributed by atoms with Gasteiger partial charge in [0.15, 0.2) is 0 Å². The van der Waals surface area contributed by atoms with Crippen LogP contribution in [0, 0.1) is 13.8 Å². The highest BCUT2D eigenvalue weighted by Gasteiger charge is 2.56. The molecule has 0 unspecified atom stereocenters. The zero-order valence-corrected chi connectivity index (χ0v) is 15.4. The lowest BCUT2D eigenvalue weighted by molar-refractivity contribution is -0.117. The summed E-state index contributed by atoms with van der Waals surface area (Å²) in [7, 11) is 0. The molecular formula is C21H22N2O4. The average Bonchev–Trinajstić information content (AvgIpc) is 3.13. The maximum atomic E-state index is 12.8. The second-order valence-electron chi connectivity index (χ2n) is 7.38. The first-order valence-corrected chi connectivity index (χ1v) is 9.09. The molecule has 2 amide bonds. The van der Waals surface area contributed by atoms with Gasteiger partial charge in [0.1, 0.15) is 17.2 Å². The number of benzene rings is 2. The molecule has 0 aromatic heterocycles. The fourth-order valence-corrected chi connectivity index (χ4v) is 4.30. The Balaban J connectivity index is 1.84. The number of phenolic OH excluding ortho intramolecular Hbond substituents is 2. The Morgan fingerprint density at radius 2 is 1.19 bits per heavy atom. The van der Waals surface area contributed by atoms with E-state index in [9.17, 15) is 19.8 Å². The van der Waals surface area contributed by atoms with Gasteiger partial charge in [0, 0.05) is 24.2 Å². The lowest BCUT2D eigenvalue weighted by Crippen LogP contribution is -2.56. The van der Waals surface area contributed by atoms with E-state index in [1.54, 1.807) is 60.0 Å². The summed E-state index contributed by atoms with van der Waals surface area (Å²) in [5.74, 6) is 0.284. The quantitative estimate of drug-likeness (QED) is 0.854. The van der Waals surface area contributed by atoms with Crippen LogP contribution in [0.4, 0.5) is 11.4 Å². The molecule has 2 heterocycles. The average molecular weight is 366 g/mol. The number of aromatic hydroxyl groups is 2. The molecule has 0 aliphatic carbocycles. The fraction of sp³-hybridized carbons (Fsp3) is 0.333. The SMILES string of the molecule is Cc1cc(N2C(=O)CCC23CCC(=O)N3c2ccc(O)c(C)c2)ccc1O. The third kappa shape index (κ3) is 2.55. The number of carbonyl (C=O) groups is 2. The molecule has 2 aliphatic rings. The van der Waals surface area contributed by atoms with Crippen LogP contribution < -0.4 is 9.80 Å². The number of rotatable bonds is 2. The summed E-state index contributed by atoms with van der Waals surface area (Å²) in [6.07, 6.45) is 1.83. The Kier molecular flexibility index (Phi) is 3.87. The summed E-state index contributed by atoms with van der Waals surface area (Å²) in [5, 5.41) is 19.7. The van der Waals surface area contributed by atoms with Gasteiger partial charge in [-0.1, -0.05) is 0 Å². The number of hydrogen-bond acceptors (Lipinski definition) is 4. The van der Waals surface area contributed by atoms with Gasteiger partial charge in [0.25, 0.3) is 0 Å². The van der Waals surface area contributed by atoms with Crippen LogP contribution >= 0.6 is 0 Å². The molecule has 6 heteroatoms. The topological polar surface area (TPSA) is 81.1 Å². The molecule has 0 bridgehead atoms. The number of nitrogens with zero attached hydrogens (tertiary/aromatic N) is 2. The van der Waals surface area contributed by atoms with Gasteiger partial charge in [-0.15, -0.1) is 0 Å². The van der Waals surface area contributed by atoms with Crippen molar-refractivity contribution in [2.45, 2.75) is 45.2 Å². The van der Waals surface area contributed by atoms with Crippen LogP contribution in [0.2, 0.25) is 0 Å². The molecule has 1 spiro atoms. The van der Waals surface area contributed by atoms with Crippen LogP contribution in [0.5, 0.6) is 11.5 Å². The molecule has 2 fully saturated rings. The molecule has 2 aliphatic heterocycles.